The van der Waals surface area contributed by atoms with Gasteiger partial charge in [0.2, 0.25) is 0 Å². The Kier molecular flexibility index (Phi) is 4.29. The summed E-state index contributed by atoms with van der Waals surface area (Å²) in [7, 11) is -2.88. The smallest absolute Gasteiger partial charge is 0.269 e. The molecule has 1 aromatic carbocycles. The molecule has 8 nitrogen and oxygen atoms in total. The summed E-state index contributed by atoms with van der Waals surface area (Å²) in [6, 6.07) is 2.34. The zero-order valence-corrected chi connectivity index (χ0v) is 17.8. The first-order valence-electron chi connectivity index (χ1n) is 8.94. The highest BCUT2D eigenvalue weighted by atomic mass is 32.2. The Bertz CT molecular complexity index is 1110. The van der Waals surface area contributed by atoms with Gasteiger partial charge in [-0.3, -0.25) is 24.0 Å². The molecule has 0 N–H and O–H groups in total. The summed E-state index contributed by atoms with van der Waals surface area (Å²) < 4.78 is 25.2. The molecule has 1 amide bonds. The molecule has 0 unspecified atom stereocenters. The van der Waals surface area contributed by atoms with Gasteiger partial charge in [0.05, 0.1) is 16.4 Å². The van der Waals surface area contributed by atoms with Crippen molar-refractivity contribution in [1.29, 1.82) is 0 Å². The fourth-order valence-corrected chi connectivity index (χ4v) is 5.43. The van der Waals surface area contributed by atoms with Crippen LogP contribution in [0.2, 0.25) is 0 Å². The lowest BCUT2D eigenvalue weighted by Gasteiger charge is -2.40. The van der Waals surface area contributed by atoms with Crippen LogP contribution in [0.5, 0.6) is 0 Å². The van der Waals surface area contributed by atoms with Crippen LogP contribution in [0.4, 0.5) is 0 Å². The van der Waals surface area contributed by atoms with Crippen LogP contribution in [-0.4, -0.2) is 48.8 Å². The third kappa shape index (κ3) is 2.49. The van der Waals surface area contributed by atoms with E-state index in [4.69, 9.17) is 0 Å². The van der Waals surface area contributed by atoms with Gasteiger partial charge in [0.1, 0.15) is 10.8 Å². The van der Waals surface area contributed by atoms with Gasteiger partial charge in [0.15, 0.2) is 23.1 Å². The third-order valence-corrected chi connectivity index (χ3v) is 7.77. The van der Waals surface area contributed by atoms with Gasteiger partial charge < -0.3 is 0 Å². The fourth-order valence-electron chi connectivity index (χ4n) is 4.09. The number of rotatable bonds is 2. The lowest BCUT2D eigenvalue weighted by molar-refractivity contribution is -0.158. The first-order chi connectivity index (χ1) is 13.1. The van der Waals surface area contributed by atoms with E-state index >= 15 is 0 Å². The summed E-state index contributed by atoms with van der Waals surface area (Å²) in [4.78, 5) is 63.8. The molecule has 9 heteroatoms. The normalized spacial score (nSPS) is 22.8. The van der Waals surface area contributed by atoms with Gasteiger partial charge in [-0.05, 0) is 52.3 Å². The van der Waals surface area contributed by atoms with Crippen molar-refractivity contribution in [2.45, 2.75) is 39.5 Å². The van der Waals surface area contributed by atoms with Gasteiger partial charge in [0, 0.05) is 12.6 Å². The molecule has 0 saturated heterocycles. The standard InChI is InChI=1S/C20H21NO7S/c1-9-10(7-8-11-12(9)17(25)21(6)29(11,27)28)14(22)13-15(23)19(2,3)18(26)20(4,5)16(13)24/h7-8,13H,1-6H3. The number of amides is 1. The summed E-state index contributed by atoms with van der Waals surface area (Å²) in [6.45, 7) is 6.93. The molecule has 0 atom stereocenters. The van der Waals surface area contributed by atoms with E-state index in [-0.39, 0.29) is 21.6 Å². The van der Waals surface area contributed by atoms with Crippen LogP contribution in [0.1, 0.15) is 54.0 Å². The minimum Gasteiger partial charge on any atom is -0.297 e. The number of nitrogens with zero attached hydrogens (tertiary/aromatic N) is 1. The van der Waals surface area contributed by atoms with E-state index in [0.717, 1.165) is 13.1 Å². The largest absolute Gasteiger partial charge is 0.297 e. The lowest BCUT2D eigenvalue weighted by atomic mass is 9.57. The van der Waals surface area contributed by atoms with E-state index in [0.29, 0.717) is 4.31 Å². The van der Waals surface area contributed by atoms with E-state index in [2.05, 4.69) is 0 Å². The maximum atomic E-state index is 13.2. The van der Waals surface area contributed by atoms with Crippen LogP contribution in [0.25, 0.3) is 0 Å². The van der Waals surface area contributed by atoms with Crippen LogP contribution >= 0.6 is 0 Å². The van der Waals surface area contributed by atoms with Crippen molar-refractivity contribution >= 4 is 39.1 Å². The number of Topliss-reactive ketones (excluding diaryl/α,β-unsaturated/α-hetero) is 4. The van der Waals surface area contributed by atoms with Gasteiger partial charge in [-0.1, -0.05) is 0 Å². The van der Waals surface area contributed by atoms with E-state index in [1.165, 1.54) is 40.7 Å². The van der Waals surface area contributed by atoms with Crippen molar-refractivity contribution in [3.8, 4) is 0 Å². The lowest BCUT2D eigenvalue weighted by Crippen LogP contribution is -2.59. The van der Waals surface area contributed by atoms with Crippen LogP contribution in [0.15, 0.2) is 17.0 Å². The van der Waals surface area contributed by atoms with Crippen molar-refractivity contribution in [2.24, 2.45) is 16.7 Å². The number of sulfonamides is 1. The van der Waals surface area contributed by atoms with Gasteiger partial charge >= 0.3 is 0 Å². The van der Waals surface area contributed by atoms with Crippen LogP contribution < -0.4 is 0 Å². The fraction of sp³-hybridized carbons (Fsp3) is 0.450. The maximum Gasteiger partial charge on any atom is 0.269 e. The zero-order chi connectivity index (χ0) is 22.3. The molecule has 1 heterocycles. The molecule has 154 valence electrons. The quantitative estimate of drug-likeness (QED) is 0.523. The molecule has 1 aliphatic heterocycles. The second-order valence-corrected chi connectivity index (χ2v) is 10.4. The van der Waals surface area contributed by atoms with E-state index in [9.17, 15) is 32.4 Å². The first-order valence-corrected chi connectivity index (χ1v) is 10.4. The number of hydrogen-bond donors (Lipinski definition) is 0. The minimum absolute atomic E-state index is 0.0820. The summed E-state index contributed by atoms with van der Waals surface area (Å²) in [5.74, 6) is -5.48. The van der Waals surface area contributed by atoms with Crippen molar-refractivity contribution in [2.75, 3.05) is 7.05 Å². The predicted molar refractivity (Wildman–Crippen MR) is 101 cm³/mol. The maximum absolute atomic E-state index is 13.2. The zero-order valence-electron chi connectivity index (χ0n) is 16.9. The van der Waals surface area contributed by atoms with Crippen molar-refractivity contribution < 1.29 is 32.4 Å². The van der Waals surface area contributed by atoms with Gasteiger partial charge in [0.25, 0.3) is 15.9 Å². The molecule has 1 saturated carbocycles. The Labute approximate surface area is 168 Å². The van der Waals surface area contributed by atoms with Gasteiger partial charge in [-0.15, -0.1) is 0 Å². The first kappa shape index (κ1) is 21.0. The van der Waals surface area contributed by atoms with Crippen LogP contribution in [0, 0.1) is 23.7 Å². The average molecular weight is 419 g/mol. The average Bonchev–Trinajstić information content (AvgIpc) is 2.81. The number of benzene rings is 1. The molecular weight excluding hydrogens is 398 g/mol. The number of ketones is 4. The van der Waals surface area contributed by atoms with E-state index < -0.39 is 55.8 Å². The molecule has 1 fully saturated rings. The highest BCUT2D eigenvalue weighted by Gasteiger charge is 2.60. The number of carbonyl (C=O) groups excluding carboxylic acids is 5. The monoisotopic (exact) mass is 419 g/mol. The molecule has 0 spiro atoms. The number of hydrogen-bond acceptors (Lipinski definition) is 7. The molecule has 1 aromatic rings. The molecule has 2 aliphatic rings. The highest BCUT2D eigenvalue weighted by molar-refractivity contribution is 7.90. The third-order valence-electron chi connectivity index (χ3n) is 5.98. The van der Waals surface area contributed by atoms with Crippen LogP contribution in [0.3, 0.4) is 0 Å². The summed E-state index contributed by atoms with van der Waals surface area (Å²) in [5, 5.41) is 0. The van der Waals surface area contributed by atoms with E-state index in [1.807, 2.05) is 0 Å². The molecule has 0 radical (unpaired) electrons. The topological polar surface area (TPSA) is 123 Å². The molecular formula is C20H21NO7S. The Morgan fingerprint density at radius 3 is 1.93 bits per heavy atom. The van der Waals surface area contributed by atoms with E-state index in [1.54, 1.807) is 0 Å². The molecule has 0 aromatic heterocycles. The van der Waals surface area contributed by atoms with Crippen molar-refractivity contribution in [1.82, 2.24) is 4.31 Å². The molecule has 1 aliphatic carbocycles. The number of fused-ring (bicyclic) bond motifs is 1. The van der Waals surface area contributed by atoms with Gasteiger partial charge in [-0.2, -0.15) is 0 Å². The van der Waals surface area contributed by atoms with Crippen molar-refractivity contribution in [3.05, 3.63) is 28.8 Å². The van der Waals surface area contributed by atoms with Crippen molar-refractivity contribution in [3.63, 3.8) is 0 Å². The van der Waals surface area contributed by atoms with Gasteiger partial charge in [-0.25, -0.2) is 12.7 Å². The highest BCUT2D eigenvalue weighted by Crippen LogP contribution is 2.42. The molecule has 3 rings (SSSR count). The minimum atomic E-state index is -4.00. The Morgan fingerprint density at radius 2 is 1.45 bits per heavy atom. The summed E-state index contributed by atoms with van der Waals surface area (Å²) in [5.41, 5.74) is -3.21. The number of carbonyl (C=O) groups is 5. The summed E-state index contributed by atoms with van der Waals surface area (Å²) in [6.07, 6.45) is 0. The summed E-state index contributed by atoms with van der Waals surface area (Å²) >= 11 is 0. The second kappa shape index (κ2) is 5.91. The predicted octanol–water partition coefficient (Wildman–Crippen LogP) is 1.34. The van der Waals surface area contributed by atoms with Crippen LogP contribution in [-0.2, 0) is 24.4 Å². The SMILES string of the molecule is Cc1c(C(=O)C2C(=O)C(C)(C)C(=O)C(C)(C)C2=O)ccc2c1C(=O)N(C)S2(=O)=O. The molecule has 29 heavy (non-hydrogen) atoms. The Hall–Kier alpha value is -2.68. The Balaban J connectivity index is 2.18. The Morgan fingerprint density at radius 1 is 0.966 bits per heavy atom. The second-order valence-electron chi connectivity index (χ2n) is 8.49. The molecule has 0 bridgehead atoms.